The van der Waals surface area contributed by atoms with E-state index >= 15 is 0 Å². The molecule has 1 unspecified atom stereocenters. The summed E-state index contributed by atoms with van der Waals surface area (Å²) in [5.74, 6) is 0.609. The van der Waals surface area contributed by atoms with Crippen LogP contribution in [0.25, 0.3) is 0 Å². The number of carbonyl (C=O) groups is 2. The van der Waals surface area contributed by atoms with Crippen LogP contribution < -0.4 is 5.32 Å². The number of rotatable bonds is 4. The minimum Gasteiger partial charge on any atom is -0.342 e. The average Bonchev–Trinajstić information content (AvgIpc) is 2.26. The number of carbonyl (C=O) groups excluding carboxylic acids is 2. The maximum atomic E-state index is 12.7. The fraction of sp³-hybridized carbons (Fsp3) is 0.875. The monoisotopic (exact) mass is 282 g/mol. The molecular weight excluding hydrogens is 252 g/mol. The van der Waals surface area contributed by atoms with Crippen molar-refractivity contribution in [2.75, 3.05) is 6.54 Å². The Bertz CT molecular complexity index is 380. The fourth-order valence-electron chi connectivity index (χ4n) is 2.56. The maximum absolute atomic E-state index is 12.7. The van der Waals surface area contributed by atoms with Crippen LogP contribution in [0.5, 0.6) is 0 Å². The highest BCUT2D eigenvalue weighted by Crippen LogP contribution is 2.29. The SMILES string of the molecule is CC(C)CCCN1C(=O)C(C(C)(C)C)NC(=O)C1(C)C. The average molecular weight is 282 g/mol. The van der Waals surface area contributed by atoms with E-state index in [0.29, 0.717) is 12.5 Å². The van der Waals surface area contributed by atoms with Crippen LogP contribution in [0.4, 0.5) is 0 Å². The summed E-state index contributed by atoms with van der Waals surface area (Å²) in [6, 6.07) is -0.429. The molecule has 1 heterocycles. The Morgan fingerprint density at radius 3 is 2.25 bits per heavy atom. The van der Waals surface area contributed by atoms with Crippen molar-refractivity contribution in [3.05, 3.63) is 0 Å². The van der Waals surface area contributed by atoms with Gasteiger partial charge in [-0.15, -0.1) is 0 Å². The summed E-state index contributed by atoms with van der Waals surface area (Å²) in [4.78, 5) is 26.8. The highest BCUT2D eigenvalue weighted by Gasteiger charge is 2.49. The molecule has 1 aliphatic rings. The standard InChI is InChI=1S/C16H30N2O2/c1-11(2)9-8-10-18-13(19)12(15(3,4)5)17-14(20)16(18,6)7/h11-12H,8-10H2,1-7H3,(H,17,20). The van der Waals surface area contributed by atoms with Crippen LogP contribution in [-0.4, -0.2) is 34.8 Å². The van der Waals surface area contributed by atoms with Crippen molar-refractivity contribution in [1.82, 2.24) is 10.2 Å². The van der Waals surface area contributed by atoms with Gasteiger partial charge in [0.2, 0.25) is 11.8 Å². The summed E-state index contributed by atoms with van der Waals surface area (Å²) in [7, 11) is 0. The number of hydrogen-bond acceptors (Lipinski definition) is 2. The zero-order valence-corrected chi connectivity index (χ0v) is 14.0. The van der Waals surface area contributed by atoms with Crippen molar-refractivity contribution >= 4 is 11.8 Å². The summed E-state index contributed by atoms with van der Waals surface area (Å²) in [6.45, 7) is 14.6. The smallest absolute Gasteiger partial charge is 0.246 e. The topological polar surface area (TPSA) is 49.4 Å². The quantitative estimate of drug-likeness (QED) is 0.861. The molecule has 0 spiro atoms. The highest BCUT2D eigenvalue weighted by molar-refractivity contribution is 5.99. The molecule has 20 heavy (non-hydrogen) atoms. The lowest BCUT2D eigenvalue weighted by molar-refractivity contribution is -0.158. The van der Waals surface area contributed by atoms with Crippen LogP contribution in [0.3, 0.4) is 0 Å². The third-order valence-electron chi connectivity index (χ3n) is 4.05. The second kappa shape index (κ2) is 5.74. The Hall–Kier alpha value is -1.06. The van der Waals surface area contributed by atoms with Crippen LogP contribution in [-0.2, 0) is 9.59 Å². The van der Waals surface area contributed by atoms with E-state index in [4.69, 9.17) is 0 Å². The van der Waals surface area contributed by atoms with Gasteiger partial charge in [-0.3, -0.25) is 9.59 Å². The third kappa shape index (κ3) is 3.53. The molecule has 4 heteroatoms. The largest absolute Gasteiger partial charge is 0.342 e. The Kier molecular flexibility index (Phi) is 4.88. The predicted octanol–water partition coefficient (Wildman–Crippen LogP) is 2.57. The first-order valence-corrected chi connectivity index (χ1v) is 7.60. The van der Waals surface area contributed by atoms with Crippen LogP contribution >= 0.6 is 0 Å². The molecule has 0 bridgehead atoms. The van der Waals surface area contributed by atoms with Crippen molar-refractivity contribution in [3.8, 4) is 0 Å². The van der Waals surface area contributed by atoms with Gasteiger partial charge in [0.25, 0.3) is 0 Å². The molecule has 0 saturated carbocycles. The molecule has 0 aliphatic carbocycles. The summed E-state index contributed by atoms with van der Waals surface area (Å²) >= 11 is 0. The van der Waals surface area contributed by atoms with Crippen LogP contribution in [0.2, 0.25) is 0 Å². The lowest BCUT2D eigenvalue weighted by atomic mass is 9.81. The van der Waals surface area contributed by atoms with E-state index < -0.39 is 11.6 Å². The van der Waals surface area contributed by atoms with E-state index in [1.165, 1.54) is 0 Å². The van der Waals surface area contributed by atoms with Crippen LogP contribution in [0, 0.1) is 11.3 Å². The number of nitrogens with one attached hydrogen (secondary N) is 1. The predicted molar refractivity (Wildman–Crippen MR) is 81.2 cm³/mol. The highest BCUT2D eigenvalue weighted by atomic mass is 16.2. The van der Waals surface area contributed by atoms with Crippen LogP contribution in [0.15, 0.2) is 0 Å². The molecule has 116 valence electrons. The lowest BCUT2D eigenvalue weighted by Gasteiger charge is -2.47. The van der Waals surface area contributed by atoms with Gasteiger partial charge in [-0.05, 0) is 38.0 Å². The van der Waals surface area contributed by atoms with E-state index in [9.17, 15) is 9.59 Å². The Morgan fingerprint density at radius 2 is 1.80 bits per heavy atom. The first-order chi connectivity index (χ1) is 8.98. The van der Waals surface area contributed by atoms with Crippen molar-refractivity contribution < 1.29 is 9.59 Å². The minimum absolute atomic E-state index is 0.0471. The molecule has 0 radical (unpaired) electrons. The van der Waals surface area contributed by atoms with Crippen molar-refractivity contribution in [3.63, 3.8) is 0 Å². The van der Waals surface area contributed by atoms with Crippen molar-refractivity contribution in [1.29, 1.82) is 0 Å². The molecule has 2 amide bonds. The van der Waals surface area contributed by atoms with E-state index in [1.807, 2.05) is 34.6 Å². The van der Waals surface area contributed by atoms with Gasteiger partial charge >= 0.3 is 0 Å². The van der Waals surface area contributed by atoms with Gasteiger partial charge in [-0.1, -0.05) is 34.6 Å². The normalized spacial score (nSPS) is 23.2. The van der Waals surface area contributed by atoms with E-state index in [0.717, 1.165) is 12.8 Å². The van der Waals surface area contributed by atoms with Gasteiger partial charge in [-0.2, -0.15) is 0 Å². The third-order valence-corrected chi connectivity index (χ3v) is 4.05. The molecule has 1 saturated heterocycles. The van der Waals surface area contributed by atoms with E-state index in [2.05, 4.69) is 19.2 Å². The number of nitrogens with zero attached hydrogens (tertiary/aromatic N) is 1. The second-order valence-corrected chi connectivity index (χ2v) is 7.86. The summed E-state index contributed by atoms with van der Waals surface area (Å²) in [5.41, 5.74) is -1.02. The van der Waals surface area contributed by atoms with Gasteiger partial charge < -0.3 is 10.2 Å². The molecule has 1 fully saturated rings. The molecule has 4 nitrogen and oxygen atoms in total. The van der Waals surface area contributed by atoms with Crippen molar-refractivity contribution in [2.24, 2.45) is 11.3 Å². The Balaban J connectivity index is 2.90. The fourth-order valence-corrected chi connectivity index (χ4v) is 2.56. The van der Waals surface area contributed by atoms with E-state index in [-0.39, 0.29) is 17.2 Å². The lowest BCUT2D eigenvalue weighted by Crippen LogP contribution is -2.70. The van der Waals surface area contributed by atoms with E-state index in [1.54, 1.807) is 4.90 Å². The Labute approximate surface area is 123 Å². The first-order valence-electron chi connectivity index (χ1n) is 7.60. The van der Waals surface area contributed by atoms with Crippen molar-refractivity contribution in [2.45, 2.75) is 72.9 Å². The molecule has 1 aliphatic heterocycles. The van der Waals surface area contributed by atoms with Gasteiger partial charge in [0.1, 0.15) is 11.6 Å². The molecule has 1 N–H and O–H groups in total. The molecule has 1 rings (SSSR count). The zero-order chi connectivity index (χ0) is 15.7. The van der Waals surface area contributed by atoms with Gasteiger partial charge in [0, 0.05) is 6.54 Å². The van der Waals surface area contributed by atoms with Gasteiger partial charge in [-0.25, -0.2) is 0 Å². The summed E-state index contributed by atoms with van der Waals surface area (Å²) in [5, 5.41) is 2.90. The van der Waals surface area contributed by atoms with Crippen LogP contribution in [0.1, 0.15) is 61.3 Å². The van der Waals surface area contributed by atoms with Gasteiger partial charge in [0.05, 0.1) is 0 Å². The second-order valence-electron chi connectivity index (χ2n) is 7.86. The number of amides is 2. The maximum Gasteiger partial charge on any atom is 0.246 e. The molecule has 0 aromatic rings. The number of hydrogen-bond donors (Lipinski definition) is 1. The molecule has 0 aromatic heterocycles. The zero-order valence-electron chi connectivity index (χ0n) is 14.0. The molecular formula is C16H30N2O2. The minimum atomic E-state index is -0.754. The summed E-state index contributed by atoms with van der Waals surface area (Å²) < 4.78 is 0. The summed E-state index contributed by atoms with van der Waals surface area (Å²) in [6.07, 6.45) is 2.01. The van der Waals surface area contributed by atoms with Gasteiger partial charge in [0.15, 0.2) is 0 Å². The Morgan fingerprint density at radius 1 is 1.25 bits per heavy atom. The first kappa shape index (κ1) is 17.0. The number of piperazine rings is 1. The molecule has 1 atom stereocenters. The molecule has 0 aromatic carbocycles.